The number of carbonyl (C=O) groups excluding carboxylic acids is 3. The lowest BCUT2D eigenvalue weighted by atomic mass is 10.1. The fraction of sp³-hybridized carbons (Fsp3) is 0.583. The maximum atomic E-state index is 11.7. The molecule has 0 spiro atoms. The lowest BCUT2D eigenvalue weighted by molar-refractivity contribution is -0.137. The van der Waals surface area contributed by atoms with Crippen LogP contribution in [0.3, 0.4) is 0 Å². The second kappa shape index (κ2) is 7.19. The van der Waals surface area contributed by atoms with Gasteiger partial charge in [-0.2, -0.15) is 0 Å². The average molecular weight is 381 g/mol. The number of Topliss-reactive ketones (excluding diaryl/α,β-unsaturated/α-hetero) is 1. The van der Waals surface area contributed by atoms with Crippen molar-refractivity contribution in [2.45, 2.75) is 39.0 Å². The van der Waals surface area contributed by atoms with Crippen LogP contribution < -0.4 is 0 Å². The molecule has 1 aliphatic rings. The molecule has 6 heteroatoms. The molecule has 0 saturated heterocycles. The van der Waals surface area contributed by atoms with E-state index in [9.17, 15) is 14.4 Å². The summed E-state index contributed by atoms with van der Waals surface area (Å²) in [5, 5.41) is 0. The third-order valence-electron chi connectivity index (χ3n) is 2.79. The van der Waals surface area contributed by atoms with Crippen molar-refractivity contribution in [1.29, 1.82) is 0 Å². The quantitative estimate of drug-likeness (QED) is 0.504. The van der Waals surface area contributed by atoms with E-state index in [2.05, 4.69) is 31.9 Å². The first-order valence-corrected chi connectivity index (χ1v) is 7.50. The van der Waals surface area contributed by atoms with Gasteiger partial charge in [-0.15, -0.1) is 0 Å². The first-order valence-electron chi connectivity index (χ1n) is 5.92. The third kappa shape index (κ3) is 3.75. The number of unbranched alkanes of at least 4 members (excludes halogenated alkanes) is 2. The number of imide groups is 1. The lowest BCUT2D eigenvalue weighted by Crippen LogP contribution is -2.32. The fourth-order valence-corrected chi connectivity index (χ4v) is 2.43. The molecule has 0 bridgehead atoms. The Morgan fingerprint density at radius 1 is 1.06 bits per heavy atom. The van der Waals surface area contributed by atoms with Crippen molar-refractivity contribution in [2.75, 3.05) is 6.54 Å². The van der Waals surface area contributed by atoms with Gasteiger partial charge < -0.3 is 0 Å². The molecule has 1 heterocycles. The number of halogens is 2. The smallest absolute Gasteiger partial charge is 0.269 e. The average Bonchev–Trinajstić information content (AvgIpc) is 2.55. The largest absolute Gasteiger partial charge is 0.300 e. The molecule has 0 aromatic carbocycles. The summed E-state index contributed by atoms with van der Waals surface area (Å²) in [5.41, 5.74) is 0. The van der Waals surface area contributed by atoms with E-state index in [0.29, 0.717) is 19.4 Å². The molecule has 0 atom stereocenters. The van der Waals surface area contributed by atoms with Crippen molar-refractivity contribution in [2.24, 2.45) is 0 Å². The molecule has 0 fully saturated rings. The predicted octanol–water partition coefficient (Wildman–Crippen LogP) is 2.90. The van der Waals surface area contributed by atoms with Crippen molar-refractivity contribution in [3.05, 3.63) is 8.96 Å². The van der Waals surface area contributed by atoms with Crippen LogP contribution in [0.2, 0.25) is 0 Å². The maximum absolute atomic E-state index is 11.7. The van der Waals surface area contributed by atoms with Crippen molar-refractivity contribution in [3.63, 3.8) is 0 Å². The molecule has 0 unspecified atom stereocenters. The van der Waals surface area contributed by atoms with Crippen LogP contribution in [-0.4, -0.2) is 29.0 Å². The summed E-state index contributed by atoms with van der Waals surface area (Å²) in [6, 6.07) is 0. The normalized spacial score (nSPS) is 15.8. The number of carbonyl (C=O) groups is 3. The number of amides is 2. The standard InChI is InChI=1S/C12H15Br2NO3/c1-2-8(16)6-4-3-5-7-15-11(17)9(13)10(14)12(15)18/h2-7H2,1H3. The van der Waals surface area contributed by atoms with Crippen LogP contribution in [-0.2, 0) is 14.4 Å². The van der Waals surface area contributed by atoms with Crippen LogP contribution in [0.4, 0.5) is 0 Å². The summed E-state index contributed by atoms with van der Waals surface area (Å²) in [5.74, 6) is -0.330. The Bertz CT molecular complexity index is 380. The summed E-state index contributed by atoms with van der Waals surface area (Å²) < 4.78 is 0.572. The van der Waals surface area contributed by atoms with E-state index >= 15 is 0 Å². The third-order valence-corrected chi connectivity index (χ3v) is 4.79. The highest BCUT2D eigenvalue weighted by molar-refractivity contribution is 9.14. The Hall–Kier alpha value is -0.490. The molecule has 0 aromatic heterocycles. The van der Waals surface area contributed by atoms with Crippen molar-refractivity contribution in [1.82, 2.24) is 4.90 Å². The zero-order valence-electron chi connectivity index (χ0n) is 10.2. The number of ketones is 1. The van der Waals surface area contributed by atoms with Crippen LogP contribution in [0.1, 0.15) is 39.0 Å². The summed E-state index contributed by atoms with van der Waals surface area (Å²) in [7, 11) is 0. The van der Waals surface area contributed by atoms with Crippen LogP contribution in [0.15, 0.2) is 8.96 Å². The van der Waals surface area contributed by atoms with Gasteiger partial charge in [0.15, 0.2) is 0 Å². The van der Waals surface area contributed by atoms with Gasteiger partial charge in [0.05, 0.1) is 0 Å². The van der Waals surface area contributed by atoms with Crippen LogP contribution in [0, 0.1) is 0 Å². The van der Waals surface area contributed by atoms with Gasteiger partial charge in [-0.25, -0.2) is 0 Å². The second-order valence-corrected chi connectivity index (χ2v) is 5.68. The molecule has 0 radical (unpaired) electrons. The number of rotatable bonds is 7. The zero-order chi connectivity index (χ0) is 13.7. The summed E-state index contributed by atoms with van der Waals surface area (Å²) in [6.07, 6.45) is 3.56. The Labute approximate surface area is 123 Å². The Balaban J connectivity index is 2.28. The maximum Gasteiger partial charge on any atom is 0.269 e. The fourth-order valence-electron chi connectivity index (χ4n) is 1.67. The van der Waals surface area contributed by atoms with Gasteiger partial charge >= 0.3 is 0 Å². The van der Waals surface area contributed by atoms with E-state index in [4.69, 9.17) is 0 Å². The summed E-state index contributed by atoms with van der Waals surface area (Å²) >= 11 is 6.15. The highest BCUT2D eigenvalue weighted by atomic mass is 79.9. The Kier molecular flexibility index (Phi) is 6.21. The van der Waals surface area contributed by atoms with Gasteiger partial charge in [0.2, 0.25) is 0 Å². The highest BCUT2D eigenvalue weighted by Gasteiger charge is 2.35. The first kappa shape index (κ1) is 15.6. The lowest BCUT2D eigenvalue weighted by Gasteiger charge is -2.13. The van der Waals surface area contributed by atoms with Crippen LogP contribution >= 0.6 is 31.9 Å². The molecular formula is C12H15Br2NO3. The summed E-state index contributed by atoms with van der Waals surface area (Å²) in [6.45, 7) is 2.26. The van der Waals surface area contributed by atoms with Gasteiger partial charge in [0.25, 0.3) is 11.8 Å². The molecule has 100 valence electrons. The molecule has 0 aromatic rings. The minimum absolute atomic E-state index is 0.260. The molecule has 0 N–H and O–H groups in total. The zero-order valence-corrected chi connectivity index (χ0v) is 13.3. The molecule has 0 aliphatic carbocycles. The van der Waals surface area contributed by atoms with E-state index in [0.717, 1.165) is 19.3 Å². The van der Waals surface area contributed by atoms with E-state index < -0.39 is 0 Å². The van der Waals surface area contributed by atoms with Gasteiger partial charge in [-0.3, -0.25) is 19.3 Å². The molecule has 1 rings (SSSR count). The van der Waals surface area contributed by atoms with Crippen molar-refractivity contribution >= 4 is 49.5 Å². The van der Waals surface area contributed by atoms with Gasteiger partial charge in [0, 0.05) is 19.4 Å². The van der Waals surface area contributed by atoms with E-state index in [1.165, 1.54) is 4.90 Å². The van der Waals surface area contributed by atoms with Gasteiger partial charge in [-0.1, -0.05) is 13.3 Å². The summed E-state index contributed by atoms with van der Waals surface area (Å²) in [4.78, 5) is 35.6. The molecule has 1 aliphatic heterocycles. The van der Waals surface area contributed by atoms with Crippen molar-refractivity contribution < 1.29 is 14.4 Å². The molecule has 4 nitrogen and oxygen atoms in total. The topological polar surface area (TPSA) is 54.5 Å². The Morgan fingerprint density at radius 3 is 2.11 bits per heavy atom. The minimum Gasteiger partial charge on any atom is -0.300 e. The molecule has 2 amide bonds. The van der Waals surface area contributed by atoms with Crippen LogP contribution in [0.5, 0.6) is 0 Å². The minimum atomic E-state index is -0.295. The molecular weight excluding hydrogens is 366 g/mol. The highest BCUT2D eigenvalue weighted by Crippen LogP contribution is 2.29. The first-order chi connectivity index (χ1) is 8.49. The number of hydrogen-bond donors (Lipinski definition) is 0. The van der Waals surface area contributed by atoms with Crippen molar-refractivity contribution in [3.8, 4) is 0 Å². The molecule has 0 saturated carbocycles. The van der Waals surface area contributed by atoms with Crippen LogP contribution in [0.25, 0.3) is 0 Å². The SMILES string of the molecule is CCC(=O)CCCCCN1C(=O)C(Br)=C(Br)C1=O. The number of nitrogens with zero attached hydrogens (tertiary/aromatic N) is 1. The number of hydrogen-bond acceptors (Lipinski definition) is 3. The molecule has 18 heavy (non-hydrogen) atoms. The predicted molar refractivity (Wildman–Crippen MR) is 75.4 cm³/mol. The van der Waals surface area contributed by atoms with Gasteiger partial charge in [-0.05, 0) is 44.7 Å². The van der Waals surface area contributed by atoms with E-state index in [1.54, 1.807) is 0 Å². The second-order valence-electron chi connectivity index (χ2n) is 4.09. The van der Waals surface area contributed by atoms with Gasteiger partial charge in [0.1, 0.15) is 14.7 Å². The Morgan fingerprint density at radius 2 is 1.61 bits per heavy atom. The monoisotopic (exact) mass is 379 g/mol. The van der Waals surface area contributed by atoms with E-state index in [-0.39, 0.29) is 26.6 Å². The van der Waals surface area contributed by atoms with E-state index in [1.807, 2.05) is 6.92 Å².